The Bertz CT molecular complexity index is 437. The summed E-state index contributed by atoms with van der Waals surface area (Å²) in [6.07, 6.45) is 11.1. The summed E-state index contributed by atoms with van der Waals surface area (Å²) >= 11 is 0. The number of nitrogens with zero attached hydrogens (tertiary/aromatic N) is 2. The van der Waals surface area contributed by atoms with E-state index in [0.29, 0.717) is 11.8 Å². The van der Waals surface area contributed by atoms with Crippen LogP contribution in [0.5, 0.6) is 0 Å². The van der Waals surface area contributed by atoms with Gasteiger partial charge in [0.05, 0.1) is 5.69 Å². The van der Waals surface area contributed by atoms with Gasteiger partial charge >= 0.3 is 0 Å². The second kappa shape index (κ2) is 4.79. The Balaban J connectivity index is 1.94. The topological polar surface area (TPSA) is 43.8 Å². The smallest absolute Gasteiger partial charge is 0.127 e. The highest BCUT2D eigenvalue weighted by atomic mass is 15.1. The van der Waals surface area contributed by atoms with E-state index in [1.165, 1.54) is 50.8 Å². The Morgan fingerprint density at radius 2 is 1.89 bits per heavy atom. The lowest BCUT2D eigenvalue weighted by atomic mass is 9.88. The lowest BCUT2D eigenvalue weighted by molar-refractivity contribution is 0.419. The molecule has 1 heterocycles. The first-order valence-electron chi connectivity index (χ1n) is 7.28. The van der Waals surface area contributed by atoms with Crippen molar-refractivity contribution >= 4 is 5.82 Å². The van der Waals surface area contributed by atoms with Crippen molar-refractivity contribution in [3.8, 4) is 0 Å². The van der Waals surface area contributed by atoms with E-state index in [0.717, 1.165) is 18.1 Å². The number of aromatic nitrogens is 2. The van der Waals surface area contributed by atoms with Gasteiger partial charge in [0.2, 0.25) is 0 Å². The first-order chi connectivity index (χ1) is 8.81. The summed E-state index contributed by atoms with van der Waals surface area (Å²) in [6, 6.07) is 0. The van der Waals surface area contributed by atoms with Crippen molar-refractivity contribution in [3.63, 3.8) is 0 Å². The molecule has 2 aliphatic rings. The van der Waals surface area contributed by atoms with E-state index in [1.54, 1.807) is 0 Å². The summed E-state index contributed by atoms with van der Waals surface area (Å²) < 4.78 is 2.20. The van der Waals surface area contributed by atoms with Gasteiger partial charge in [0.25, 0.3) is 0 Å². The summed E-state index contributed by atoms with van der Waals surface area (Å²) in [4.78, 5) is 4.90. The van der Waals surface area contributed by atoms with E-state index in [4.69, 9.17) is 10.7 Å². The summed E-state index contributed by atoms with van der Waals surface area (Å²) in [5.74, 6) is 3.39. The minimum absolute atomic E-state index is 0.619. The SMILES string of the molecule is C=CCn1c(C2CCCCC2)nc(C2CC2)c1N. The van der Waals surface area contributed by atoms with Gasteiger partial charge in [-0.05, 0) is 25.7 Å². The average molecular weight is 245 g/mol. The maximum atomic E-state index is 6.29. The normalized spacial score (nSPS) is 21.1. The van der Waals surface area contributed by atoms with Crippen LogP contribution in [0.3, 0.4) is 0 Å². The van der Waals surface area contributed by atoms with Crippen molar-refractivity contribution in [2.45, 2.75) is 63.3 Å². The van der Waals surface area contributed by atoms with Crippen LogP contribution in [0.4, 0.5) is 5.82 Å². The van der Waals surface area contributed by atoms with Crippen LogP contribution in [0.25, 0.3) is 0 Å². The molecule has 3 rings (SSSR count). The second-order valence-corrected chi connectivity index (χ2v) is 5.75. The standard InChI is InChI=1S/C15H23N3/c1-2-10-18-14(16)13(11-8-9-11)17-15(18)12-6-4-3-5-7-12/h2,11-12H,1,3-10,16H2. The first-order valence-corrected chi connectivity index (χ1v) is 7.28. The minimum Gasteiger partial charge on any atom is -0.384 e. The molecule has 0 atom stereocenters. The number of imidazole rings is 1. The van der Waals surface area contributed by atoms with Gasteiger partial charge < -0.3 is 10.3 Å². The molecule has 0 saturated heterocycles. The van der Waals surface area contributed by atoms with Crippen LogP contribution in [-0.4, -0.2) is 9.55 Å². The van der Waals surface area contributed by atoms with E-state index >= 15 is 0 Å². The largest absolute Gasteiger partial charge is 0.384 e. The van der Waals surface area contributed by atoms with Crippen LogP contribution in [0.2, 0.25) is 0 Å². The molecule has 0 aliphatic heterocycles. The Labute approximate surface area is 109 Å². The van der Waals surface area contributed by atoms with Crippen molar-refractivity contribution in [3.05, 3.63) is 24.2 Å². The van der Waals surface area contributed by atoms with Crippen LogP contribution >= 0.6 is 0 Å². The zero-order valence-electron chi connectivity index (χ0n) is 11.1. The van der Waals surface area contributed by atoms with Gasteiger partial charge in [-0.2, -0.15) is 0 Å². The highest BCUT2D eigenvalue weighted by Gasteiger charge is 2.32. The molecule has 2 N–H and O–H groups in total. The van der Waals surface area contributed by atoms with Crippen molar-refractivity contribution in [2.75, 3.05) is 5.73 Å². The molecule has 0 spiro atoms. The van der Waals surface area contributed by atoms with Crippen LogP contribution in [-0.2, 0) is 6.54 Å². The first kappa shape index (κ1) is 11.8. The molecule has 0 unspecified atom stereocenters. The fourth-order valence-corrected chi connectivity index (χ4v) is 3.15. The van der Waals surface area contributed by atoms with Crippen LogP contribution in [0.15, 0.2) is 12.7 Å². The Morgan fingerprint density at radius 1 is 1.17 bits per heavy atom. The van der Waals surface area contributed by atoms with E-state index in [1.807, 2.05) is 6.08 Å². The fraction of sp³-hybridized carbons (Fsp3) is 0.667. The predicted molar refractivity (Wildman–Crippen MR) is 74.6 cm³/mol. The summed E-state index contributed by atoms with van der Waals surface area (Å²) in [5.41, 5.74) is 7.45. The van der Waals surface area contributed by atoms with Crippen LogP contribution < -0.4 is 5.73 Å². The Kier molecular flexibility index (Phi) is 3.14. The zero-order valence-corrected chi connectivity index (χ0v) is 11.1. The van der Waals surface area contributed by atoms with Gasteiger partial charge in [0, 0.05) is 18.4 Å². The number of nitrogen functional groups attached to an aromatic ring is 1. The van der Waals surface area contributed by atoms with Gasteiger partial charge in [-0.15, -0.1) is 6.58 Å². The Hall–Kier alpha value is -1.25. The number of hydrogen-bond acceptors (Lipinski definition) is 2. The quantitative estimate of drug-likeness (QED) is 0.824. The van der Waals surface area contributed by atoms with Crippen molar-refractivity contribution in [2.24, 2.45) is 0 Å². The molecular weight excluding hydrogens is 222 g/mol. The summed E-state index contributed by atoms with van der Waals surface area (Å²) in [7, 11) is 0. The third-order valence-corrected chi connectivity index (χ3v) is 4.31. The number of anilines is 1. The molecule has 3 nitrogen and oxygen atoms in total. The highest BCUT2D eigenvalue weighted by Crippen LogP contribution is 2.44. The lowest BCUT2D eigenvalue weighted by Crippen LogP contribution is -2.13. The molecule has 0 radical (unpaired) electrons. The molecule has 1 aromatic rings. The van der Waals surface area contributed by atoms with Gasteiger partial charge in [-0.3, -0.25) is 0 Å². The van der Waals surface area contributed by atoms with E-state index in [-0.39, 0.29) is 0 Å². The number of hydrogen-bond donors (Lipinski definition) is 1. The highest BCUT2D eigenvalue weighted by molar-refractivity contribution is 5.43. The molecule has 0 amide bonds. The third kappa shape index (κ3) is 2.06. The average Bonchev–Trinajstić information content (AvgIpc) is 3.19. The predicted octanol–water partition coefficient (Wildman–Crippen LogP) is 3.58. The monoisotopic (exact) mass is 245 g/mol. The molecule has 18 heavy (non-hydrogen) atoms. The fourth-order valence-electron chi connectivity index (χ4n) is 3.15. The summed E-state index contributed by atoms with van der Waals surface area (Å²) in [6.45, 7) is 4.65. The molecule has 2 saturated carbocycles. The van der Waals surface area contributed by atoms with Gasteiger partial charge in [-0.1, -0.05) is 25.3 Å². The maximum Gasteiger partial charge on any atom is 0.127 e. The second-order valence-electron chi connectivity index (χ2n) is 5.75. The molecule has 1 aromatic heterocycles. The van der Waals surface area contributed by atoms with Gasteiger partial charge in [-0.25, -0.2) is 4.98 Å². The van der Waals surface area contributed by atoms with Gasteiger partial charge in [0.15, 0.2) is 0 Å². The van der Waals surface area contributed by atoms with E-state index in [9.17, 15) is 0 Å². The van der Waals surface area contributed by atoms with Gasteiger partial charge in [0.1, 0.15) is 11.6 Å². The molecule has 0 bridgehead atoms. The summed E-state index contributed by atoms with van der Waals surface area (Å²) in [5, 5.41) is 0. The van der Waals surface area contributed by atoms with Crippen LogP contribution in [0, 0.1) is 0 Å². The van der Waals surface area contributed by atoms with E-state index < -0.39 is 0 Å². The Morgan fingerprint density at radius 3 is 2.50 bits per heavy atom. The van der Waals surface area contributed by atoms with Crippen LogP contribution in [0.1, 0.15) is 68.3 Å². The minimum atomic E-state index is 0.619. The number of allylic oxidation sites excluding steroid dienone is 1. The zero-order chi connectivity index (χ0) is 12.5. The van der Waals surface area contributed by atoms with E-state index in [2.05, 4.69) is 11.1 Å². The third-order valence-electron chi connectivity index (χ3n) is 4.31. The van der Waals surface area contributed by atoms with Crippen molar-refractivity contribution in [1.82, 2.24) is 9.55 Å². The molecule has 2 aliphatic carbocycles. The number of nitrogens with two attached hydrogens (primary N) is 1. The van der Waals surface area contributed by atoms with Crippen molar-refractivity contribution < 1.29 is 0 Å². The molecule has 3 heteroatoms. The maximum absolute atomic E-state index is 6.29. The molecule has 0 aromatic carbocycles. The number of rotatable bonds is 4. The molecular formula is C15H23N3. The molecule has 98 valence electrons. The lowest BCUT2D eigenvalue weighted by Gasteiger charge is -2.22. The van der Waals surface area contributed by atoms with Crippen molar-refractivity contribution in [1.29, 1.82) is 0 Å². The molecule has 2 fully saturated rings.